The Hall–Kier alpha value is -1.20. The summed E-state index contributed by atoms with van der Waals surface area (Å²) in [5, 5.41) is 9.90. The molecule has 6 heteroatoms. The fourth-order valence-electron chi connectivity index (χ4n) is 2.18. The molecule has 0 saturated carbocycles. The van der Waals surface area contributed by atoms with Crippen LogP contribution in [0.15, 0.2) is 29.8 Å². The van der Waals surface area contributed by atoms with Gasteiger partial charge in [0.1, 0.15) is 0 Å². The quantitative estimate of drug-likeness (QED) is 0.832. The lowest BCUT2D eigenvalue weighted by Gasteiger charge is -2.30. The van der Waals surface area contributed by atoms with Gasteiger partial charge in [-0.25, -0.2) is 0 Å². The molecule has 1 aromatic carbocycles. The first-order valence-corrected chi connectivity index (χ1v) is 6.65. The summed E-state index contributed by atoms with van der Waals surface area (Å²) in [6, 6.07) is 5.11. The smallest absolute Gasteiger partial charge is 0.389 e. The number of rotatable bonds is 2. The van der Waals surface area contributed by atoms with Crippen LogP contribution in [-0.4, -0.2) is 24.4 Å². The van der Waals surface area contributed by atoms with E-state index in [4.69, 9.17) is 11.6 Å². The minimum absolute atomic E-state index is 0.0437. The zero-order valence-electron chi connectivity index (χ0n) is 10.9. The van der Waals surface area contributed by atoms with Crippen LogP contribution in [0.3, 0.4) is 0 Å². The van der Waals surface area contributed by atoms with Gasteiger partial charge in [0.15, 0.2) is 0 Å². The summed E-state index contributed by atoms with van der Waals surface area (Å²) in [4.78, 5) is 1.80. The summed E-state index contributed by atoms with van der Waals surface area (Å²) >= 11 is 6.14. The molecule has 0 aromatic heterocycles. The van der Waals surface area contributed by atoms with Gasteiger partial charge >= 0.3 is 6.18 Å². The van der Waals surface area contributed by atoms with Gasteiger partial charge in [0.2, 0.25) is 0 Å². The Morgan fingerprint density at radius 2 is 2.05 bits per heavy atom. The number of benzene rings is 1. The number of halogens is 4. The standard InChI is InChI=1S/C14H15ClF3NO/c1-9(20)10-2-3-13(12(15)8-10)19-6-4-11(5-7-19)14(16,17)18/h2-4,8-9,20H,5-7H2,1H3/t9-/m0/s1. The number of aliphatic hydroxyl groups is 1. The number of hydrogen-bond acceptors (Lipinski definition) is 2. The van der Waals surface area contributed by atoms with E-state index in [0.29, 0.717) is 16.3 Å². The zero-order valence-corrected chi connectivity index (χ0v) is 11.7. The Morgan fingerprint density at radius 1 is 1.35 bits per heavy atom. The molecule has 0 saturated heterocycles. The topological polar surface area (TPSA) is 23.5 Å². The minimum Gasteiger partial charge on any atom is -0.389 e. The molecule has 110 valence electrons. The van der Waals surface area contributed by atoms with Gasteiger partial charge in [0.25, 0.3) is 0 Å². The van der Waals surface area contributed by atoms with Crippen LogP contribution in [-0.2, 0) is 0 Å². The molecule has 1 aliphatic rings. The highest BCUT2D eigenvalue weighted by Crippen LogP contribution is 2.34. The van der Waals surface area contributed by atoms with Gasteiger partial charge in [-0.2, -0.15) is 13.2 Å². The Balaban J connectivity index is 2.17. The summed E-state index contributed by atoms with van der Waals surface area (Å²) in [6.45, 7) is 2.09. The van der Waals surface area contributed by atoms with Crippen molar-refractivity contribution in [1.82, 2.24) is 0 Å². The van der Waals surface area contributed by atoms with Gasteiger partial charge in [0.05, 0.1) is 16.8 Å². The van der Waals surface area contributed by atoms with Gasteiger partial charge in [-0.1, -0.05) is 23.7 Å². The van der Waals surface area contributed by atoms with Gasteiger partial charge in [0, 0.05) is 18.7 Å². The summed E-state index contributed by atoms with van der Waals surface area (Å²) < 4.78 is 37.7. The molecule has 0 fully saturated rings. The van der Waals surface area contributed by atoms with Crippen molar-refractivity contribution in [3.8, 4) is 0 Å². The molecule has 1 aliphatic heterocycles. The Kier molecular flexibility index (Phi) is 4.30. The highest BCUT2D eigenvalue weighted by molar-refractivity contribution is 6.33. The molecule has 20 heavy (non-hydrogen) atoms. The summed E-state index contributed by atoms with van der Waals surface area (Å²) in [5.74, 6) is 0. The Morgan fingerprint density at radius 3 is 2.50 bits per heavy atom. The average molecular weight is 306 g/mol. The predicted octanol–water partition coefficient (Wildman–Crippen LogP) is 4.09. The first kappa shape index (κ1) is 15.2. The molecule has 1 aromatic rings. The van der Waals surface area contributed by atoms with Crippen molar-refractivity contribution in [3.05, 3.63) is 40.4 Å². The van der Waals surface area contributed by atoms with Crippen molar-refractivity contribution in [2.75, 3.05) is 18.0 Å². The van der Waals surface area contributed by atoms with Crippen molar-refractivity contribution in [2.24, 2.45) is 0 Å². The molecule has 1 N–H and O–H groups in total. The molecule has 2 nitrogen and oxygen atoms in total. The van der Waals surface area contributed by atoms with Crippen LogP contribution in [0.1, 0.15) is 25.0 Å². The van der Waals surface area contributed by atoms with Crippen molar-refractivity contribution < 1.29 is 18.3 Å². The van der Waals surface area contributed by atoms with Crippen molar-refractivity contribution in [2.45, 2.75) is 25.6 Å². The lowest BCUT2D eigenvalue weighted by Crippen LogP contribution is -2.32. The lowest BCUT2D eigenvalue weighted by molar-refractivity contribution is -0.0943. The number of aliphatic hydroxyl groups excluding tert-OH is 1. The van der Waals surface area contributed by atoms with E-state index >= 15 is 0 Å². The molecular formula is C14H15ClF3NO. The summed E-state index contributed by atoms with van der Waals surface area (Å²) in [7, 11) is 0. The van der Waals surface area contributed by atoms with Crippen LogP contribution >= 0.6 is 11.6 Å². The van der Waals surface area contributed by atoms with Crippen LogP contribution in [0.2, 0.25) is 5.02 Å². The molecule has 1 atom stereocenters. The second-order valence-corrected chi connectivity index (χ2v) is 5.22. The Bertz CT molecular complexity index is 526. The van der Waals surface area contributed by atoms with Gasteiger partial charge < -0.3 is 10.0 Å². The fourth-order valence-corrected chi connectivity index (χ4v) is 2.49. The van der Waals surface area contributed by atoms with Crippen molar-refractivity contribution in [1.29, 1.82) is 0 Å². The van der Waals surface area contributed by atoms with E-state index < -0.39 is 17.9 Å². The third-order valence-electron chi connectivity index (χ3n) is 3.37. The molecule has 1 heterocycles. The third-order valence-corrected chi connectivity index (χ3v) is 3.67. The first-order valence-electron chi connectivity index (χ1n) is 6.27. The van der Waals surface area contributed by atoms with Gasteiger partial charge in [-0.3, -0.25) is 0 Å². The molecule has 0 spiro atoms. The van der Waals surface area contributed by atoms with E-state index in [0.717, 1.165) is 0 Å². The van der Waals surface area contributed by atoms with Crippen LogP contribution in [0, 0.1) is 0 Å². The Labute approximate surface area is 120 Å². The molecule has 0 bridgehead atoms. The SMILES string of the molecule is C[C@H](O)c1ccc(N2CC=C(C(F)(F)F)CC2)c(Cl)c1. The van der Waals surface area contributed by atoms with Gasteiger partial charge in [-0.05, 0) is 31.0 Å². The van der Waals surface area contributed by atoms with Crippen molar-refractivity contribution >= 4 is 17.3 Å². The third kappa shape index (κ3) is 3.27. The van der Waals surface area contributed by atoms with Crippen molar-refractivity contribution in [3.63, 3.8) is 0 Å². The normalized spacial score (nSPS) is 17.9. The highest BCUT2D eigenvalue weighted by atomic mass is 35.5. The lowest BCUT2D eigenvalue weighted by atomic mass is 10.1. The van der Waals surface area contributed by atoms with E-state index in [2.05, 4.69) is 0 Å². The largest absolute Gasteiger partial charge is 0.412 e. The molecule has 0 radical (unpaired) electrons. The number of anilines is 1. The summed E-state index contributed by atoms with van der Waals surface area (Å²) in [6.07, 6.45) is -3.72. The predicted molar refractivity (Wildman–Crippen MR) is 73.1 cm³/mol. The van der Waals surface area contributed by atoms with Crippen LogP contribution < -0.4 is 4.90 Å². The number of alkyl halides is 3. The molecule has 2 rings (SSSR count). The van der Waals surface area contributed by atoms with E-state index in [1.165, 1.54) is 6.08 Å². The second-order valence-electron chi connectivity index (χ2n) is 4.81. The van der Waals surface area contributed by atoms with Crippen LogP contribution in [0.4, 0.5) is 18.9 Å². The number of hydrogen-bond donors (Lipinski definition) is 1. The monoisotopic (exact) mass is 305 g/mol. The van der Waals surface area contributed by atoms with E-state index in [9.17, 15) is 18.3 Å². The maximum Gasteiger partial charge on any atom is 0.412 e. The van der Waals surface area contributed by atoms with E-state index in [1.54, 1.807) is 30.0 Å². The molecule has 0 aliphatic carbocycles. The molecule has 0 amide bonds. The maximum absolute atomic E-state index is 12.6. The summed E-state index contributed by atoms with van der Waals surface area (Å²) in [5.41, 5.74) is 0.890. The molecular weight excluding hydrogens is 291 g/mol. The second kappa shape index (κ2) is 5.66. The average Bonchev–Trinajstić information content (AvgIpc) is 2.37. The van der Waals surface area contributed by atoms with E-state index in [1.807, 2.05) is 0 Å². The van der Waals surface area contributed by atoms with E-state index in [-0.39, 0.29) is 19.5 Å². The van der Waals surface area contributed by atoms with Crippen LogP contribution in [0.25, 0.3) is 0 Å². The molecule has 0 unspecified atom stereocenters. The fraction of sp³-hybridized carbons (Fsp3) is 0.429. The van der Waals surface area contributed by atoms with Gasteiger partial charge in [-0.15, -0.1) is 0 Å². The van der Waals surface area contributed by atoms with Crippen LogP contribution in [0.5, 0.6) is 0 Å². The first-order chi connectivity index (χ1) is 9.29. The minimum atomic E-state index is -4.24. The number of nitrogens with zero attached hydrogens (tertiary/aromatic N) is 1. The zero-order chi connectivity index (χ0) is 14.9. The maximum atomic E-state index is 12.6. The highest BCUT2D eigenvalue weighted by Gasteiger charge is 2.34.